The maximum atomic E-state index is 12.5. The molecule has 0 radical (unpaired) electrons. The molecule has 0 amide bonds. The largest absolute Gasteiger partial charge is 0.395 e. The molecule has 0 unspecified atom stereocenters. The molecule has 7 heteroatoms. The van der Waals surface area contributed by atoms with Crippen LogP contribution in [-0.2, 0) is 17.1 Å². The van der Waals surface area contributed by atoms with Gasteiger partial charge in [0.25, 0.3) is 0 Å². The van der Waals surface area contributed by atoms with Gasteiger partial charge in [-0.05, 0) is 0 Å². The third kappa shape index (κ3) is 2.74. The minimum atomic E-state index is -3.67. The van der Waals surface area contributed by atoms with E-state index >= 15 is 0 Å². The third-order valence-electron chi connectivity index (χ3n) is 2.95. The molecule has 1 heterocycles. The number of aliphatic hydroxyl groups is 1. The first-order chi connectivity index (χ1) is 9.46. The Morgan fingerprint density at radius 1 is 1.30 bits per heavy atom. The first-order valence-electron chi connectivity index (χ1n) is 6.13. The molecule has 2 aromatic rings. The summed E-state index contributed by atoms with van der Waals surface area (Å²) in [6.07, 6.45) is 1.48. The maximum Gasteiger partial charge on any atom is 0.246 e. The maximum absolute atomic E-state index is 12.5. The lowest BCUT2D eigenvalue weighted by Crippen LogP contribution is -2.29. The standard InChI is InChI=1S/C13H17N3O3S/c1-15-10-12(20(18,19)16(2)8-9-17)13(14-15)11-6-4-3-5-7-11/h3-7,10,17H,8-9H2,1-2H3. The fourth-order valence-corrected chi connectivity index (χ4v) is 3.23. The van der Waals surface area contributed by atoms with Gasteiger partial charge in [-0.25, -0.2) is 8.42 Å². The smallest absolute Gasteiger partial charge is 0.246 e. The Morgan fingerprint density at radius 3 is 2.55 bits per heavy atom. The second-order valence-electron chi connectivity index (χ2n) is 4.43. The van der Waals surface area contributed by atoms with E-state index in [0.717, 1.165) is 9.87 Å². The highest BCUT2D eigenvalue weighted by molar-refractivity contribution is 7.89. The van der Waals surface area contributed by atoms with E-state index in [4.69, 9.17) is 5.11 Å². The Hall–Kier alpha value is -1.70. The molecule has 2 rings (SSSR count). The van der Waals surface area contributed by atoms with Crippen LogP contribution in [0.5, 0.6) is 0 Å². The lowest BCUT2D eigenvalue weighted by molar-refractivity contribution is 0.266. The van der Waals surface area contributed by atoms with E-state index in [9.17, 15) is 8.42 Å². The number of benzene rings is 1. The summed E-state index contributed by atoms with van der Waals surface area (Å²) >= 11 is 0. The van der Waals surface area contributed by atoms with Crippen LogP contribution < -0.4 is 0 Å². The Balaban J connectivity index is 2.54. The molecule has 20 heavy (non-hydrogen) atoms. The van der Waals surface area contributed by atoms with Crippen molar-refractivity contribution in [2.75, 3.05) is 20.2 Å². The third-order valence-corrected chi connectivity index (χ3v) is 4.80. The molecule has 108 valence electrons. The molecule has 0 fully saturated rings. The van der Waals surface area contributed by atoms with E-state index in [-0.39, 0.29) is 18.0 Å². The lowest BCUT2D eigenvalue weighted by Gasteiger charge is -2.15. The normalized spacial score (nSPS) is 12.0. The van der Waals surface area contributed by atoms with E-state index in [1.807, 2.05) is 30.3 Å². The van der Waals surface area contributed by atoms with E-state index < -0.39 is 10.0 Å². The summed E-state index contributed by atoms with van der Waals surface area (Å²) in [4.78, 5) is 0.141. The molecule has 0 atom stereocenters. The van der Waals surface area contributed by atoms with Crippen molar-refractivity contribution in [2.24, 2.45) is 7.05 Å². The van der Waals surface area contributed by atoms with Crippen molar-refractivity contribution in [2.45, 2.75) is 4.90 Å². The second kappa shape index (κ2) is 5.74. The van der Waals surface area contributed by atoms with Crippen LogP contribution in [0.25, 0.3) is 11.3 Å². The highest BCUT2D eigenvalue weighted by atomic mass is 32.2. The van der Waals surface area contributed by atoms with Crippen LogP contribution in [0.3, 0.4) is 0 Å². The summed E-state index contributed by atoms with van der Waals surface area (Å²) < 4.78 is 27.6. The number of rotatable bonds is 5. The van der Waals surface area contributed by atoms with Crippen molar-refractivity contribution >= 4 is 10.0 Å². The van der Waals surface area contributed by atoms with Crippen LogP contribution in [-0.4, -0.2) is 47.8 Å². The minimum Gasteiger partial charge on any atom is -0.395 e. The van der Waals surface area contributed by atoms with E-state index in [2.05, 4.69) is 5.10 Å². The van der Waals surface area contributed by atoms with E-state index in [1.165, 1.54) is 17.9 Å². The van der Waals surface area contributed by atoms with Crippen molar-refractivity contribution in [1.29, 1.82) is 0 Å². The Morgan fingerprint density at radius 2 is 1.95 bits per heavy atom. The number of hydrogen-bond donors (Lipinski definition) is 1. The molecule has 0 saturated heterocycles. The van der Waals surface area contributed by atoms with Gasteiger partial charge in [-0.2, -0.15) is 9.40 Å². The van der Waals surface area contributed by atoms with Crippen LogP contribution in [0, 0.1) is 0 Å². The molecule has 0 aliphatic carbocycles. The summed E-state index contributed by atoms with van der Waals surface area (Å²) in [5, 5.41) is 13.1. The first-order valence-corrected chi connectivity index (χ1v) is 7.57. The molecule has 1 aromatic carbocycles. The molecular weight excluding hydrogens is 278 g/mol. The van der Waals surface area contributed by atoms with Gasteiger partial charge in [0, 0.05) is 32.4 Å². The fourth-order valence-electron chi connectivity index (χ4n) is 1.88. The van der Waals surface area contributed by atoms with Gasteiger partial charge in [0.15, 0.2) is 0 Å². The monoisotopic (exact) mass is 295 g/mol. The quantitative estimate of drug-likeness (QED) is 0.881. The molecule has 1 N–H and O–H groups in total. The van der Waals surface area contributed by atoms with Gasteiger partial charge in [-0.3, -0.25) is 4.68 Å². The fraction of sp³-hybridized carbons (Fsp3) is 0.308. The lowest BCUT2D eigenvalue weighted by atomic mass is 10.2. The summed E-state index contributed by atoms with van der Waals surface area (Å²) in [7, 11) is -0.553. The zero-order valence-electron chi connectivity index (χ0n) is 11.4. The highest BCUT2D eigenvalue weighted by Gasteiger charge is 2.26. The number of aliphatic hydroxyl groups excluding tert-OH is 1. The van der Waals surface area contributed by atoms with Crippen LogP contribution in [0.4, 0.5) is 0 Å². The van der Waals surface area contributed by atoms with Crippen LogP contribution >= 0.6 is 0 Å². The second-order valence-corrected chi connectivity index (χ2v) is 6.45. The van der Waals surface area contributed by atoms with Crippen LogP contribution in [0.2, 0.25) is 0 Å². The molecule has 6 nitrogen and oxygen atoms in total. The number of aromatic nitrogens is 2. The Kier molecular flexibility index (Phi) is 4.22. The summed E-state index contributed by atoms with van der Waals surface area (Å²) in [6.45, 7) is -0.178. The molecular formula is C13H17N3O3S. The molecule has 0 aliphatic rings. The molecule has 0 bridgehead atoms. The average molecular weight is 295 g/mol. The van der Waals surface area contributed by atoms with Gasteiger partial charge in [0.2, 0.25) is 10.0 Å². The Labute approximate surface area is 118 Å². The minimum absolute atomic E-state index is 0.0471. The van der Waals surface area contributed by atoms with Crippen LogP contribution in [0.15, 0.2) is 41.4 Å². The molecule has 1 aromatic heterocycles. The van der Waals surface area contributed by atoms with Gasteiger partial charge >= 0.3 is 0 Å². The first kappa shape index (κ1) is 14.7. The van der Waals surface area contributed by atoms with Crippen molar-refractivity contribution < 1.29 is 13.5 Å². The SMILES string of the molecule is CN(CCO)S(=O)(=O)c1cn(C)nc1-c1ccccc1. The average Bonchev–Trinajstić information content (AvgIpc) is 2.83. The van der Waals surface area contributed by atoms with Gasteiger partial charge in [0.1, 0.15) is 10.6 Å². The number of sulfonamides is 1. The van der Waals surface area contributed by atoms with Crippen molar-refractivity contribution in [3.63, 3.8) is 0 Å². The van der Waals surface area contributed by atoms with Gasteiger partial charge in [0.05, 0.1) is 6.61 Å². The van der Waals surface area contributed by atoms with Gasteiger partial charge < -0.3 is 5.11 Å². The number of hydrogen-bond acceptors (Lipinski definition) is 4. The Bertz CT molecular complexity index is 680. The van der Waals surface area contributed by atoms with E-state index in [0.29, 0.717) is 5.69 Å². The molecule has 0 aliphatic heterocycles. The zero-order valence-corrected chi connectivity index (χ0v) is 12.2. The number of nitrogens with zero attached hydrogens (tertiary/aromatic N) is 3. The highest BCUT2D eigenvalue weighted by Crippen LogP contribution is 2.27. The number of likely N-dealkylation sites (N-methyl/N-ethyl adjacent to an activating group) is 1. The predicted molar refractivity (Wildman–Crippen MR) is 75.5 cm³/mol. The van der Waals surface area contributed by atoms with Gasteiger partial charge in [-0.1, -0.05) is 30.3 Å². The zero-order chi connectivity index (χ0) is 14.8. The number of aryl methyl sites for hydroxylation is 1. The van der Waals surface area contributed by atoms with Crippen LogP contribution in [0.1, 0.15) is 0 Å². The van der Waals surface area contributed by atoms with Crippen molar-refractivity contribution in [3.05, 3.63) is 36.5 Å². The topological polar surface area (TPSA) is 75.4 Å². The summed E-state index contributed by atoms with van der Waals surface area (Å²) in [5.74, 6) is 0. The molecule has 0 spiro atoms. The van der Waals surface area contributed by atoms with E-state index in [1.54, 1.807) is 7.05 Å². The summed E-state index contributed by atoms with van der Waals surface area (Å²) in [5.41, 5.74) is 1.15. The van der Waals surface area contributed by atoms with Crippen molar-refractivity contribution in [3.8, 4) is 11.3 Å². The molecule has 0 saturated carbocycles. The summed E-state index contributed by atoms with van der Waals surface area (Å²) in [6, 6.07) is 9.15. The van der Waals surface area contributed by atoms with Gasteiger partial charge in [-0.15, -0.1) is 0 Å². The van der Waals surface area contributed by atoms with Crippen molar-refractivity contribution in [1.82, 2.24) is 14.1 Å². The predicted octanol–water partition coefficient (Wildman–Crippen LogP) is 0.700.